The van der Waals surface area contributed by atoms with Gasteiger partial charge in [0.15, 0.2) is 0 Å². The zero-order chi connectivity index (χ0) is 16.5. The highest BCUT2D eigenvalue weighted by molar-refractivity contribution is 5.95. The van der Waals surface area contributed by atoms with Crippen molar-refractivity contribution in [2.45, 2.75) is 32.4 Å². The van der Waals surface area contributed by atoms with E-state index in [1.165, 1.54) is 12.0 Å². The number of aromatic amines is 1. The molecule has 4 heterocycles. The van der Waals surface area contributed by atoms with Crippen LogP contribution in [0.4, 0.5) is 0 Å². The molecule has 3 aliphatic rings. The van der Waals surface area contributed by atoms with E-state index in [0.29, 0.717) is 12.0 Å². The van der Waals surface area contributed by atoms with Crippen LogP contribution < -0.4 is 0 Å². The Labute approximate surface area is 143 Å². The Bertz CT molecular complexity index is 709. The predicted molar refractivity (Wildman–Crippen MR) is 94.8 cm³/mol. The lowest BCUT2D eigenvalue weighted by Gasteiger charge is -2.36. The molecular weight excluding hydrogens is 298 g/mol. The van der Waals surface area contributed by atoms with Crippen LogP contribution in [0.25, 0.3) is 0 Å². The summed E-state index contributed by atoms with van der Waals surface area (Å²) in [6, 6.07) is 12.9. The number of aryl methyl sites for hydroxylation is 1. The van der Waals surface area contributed by atoms with Gasteiger partial charge in [-0.3, -0.25) is 9.69 Å². The third-order valence-electron chi connectivity index (χ3n) is 5.48. The van der Waals surface area contributed by atoms with Gasteiger partial charge >= 0.3 is 0 Å². The molecule has 3 saturated heterocycles. The van der Waals surface area contributed by atoms with Crippen molar-refractivity contribution in [3.63, 3.8) is 0 Å². The van der Waals surface area contributed by atoms with E-state index in [9.17, 15) is 4.79 Å². The standard InChI is InChI=1S/C20H25N3O/c1-15-19(9-10-21-15)20(24)23-13-17-7-8-18(23)14-22(12-17)11-16-5-3-2-4-6-16/h2-6,9-10,17-18,21H,7-8,11-14H2,1H3/t17-,18+/m0/s1. The summed E-state index contributed by atoms with van der Waals surface area (Å²) < 4.78 is 0. The van der Waals surface area contributed by atoms with Gasteiger partial charge in [-0.25, -0.2) is 0 Å². The monoisotopic (exact) mass is 323 g/mol. The molecule has 2 aromatic rings. The van der Waals surface area contributed by atoms with Crippen molar-refractivity contribution >= 4 is 5.91 Å². The zero-order valence-corrected chi connectivity index (χ0v) is 14.2. The summed E-state index contributed by atoms with van der Waals surface area (Å²) >= 11 is 0. The maximum Gasteiger partial charge on any atom is 0.255 e. The zero-order valence-electron chi connectivity index (χ0n) is 14.2. The van der Waals surface area contributed by atoms with Gasteiger partial charge in [-0.1, -0.05) is 30.3 Å². The highest BCUT2D eigenvalue weighted by Gasteiger charge is 2.37. The number of rotatable bonds is 3. The summed E-state index contributed by atoms with van der Waals surface area (Å²) in [6.07, 6.45) is 4.23. The average molecular weight is 323 g/mol. The number of fused-ring (bicyclic) bond motifs is 4. The van der Waals surface area contributed by atoms with Crippen molar-refractivity contribution in [3.05, 3.63) is 59.4 Å². The maximum atomic E-state index is 13.0. The topological polar surface area (TPSA) is 39.3 Å². The molecule has 2 bridgehead atoms. The van der Waals surface area contributed by atoms with Crippen LogP contribution in [0.1, 0.15) is 34.5 Å². The van der Waals surface area contributed by atoms with Gasteiger partial charge in [0, 0.05) is 44.1 Å². The minimum Gasteiger partial charge on any atom is -0.365 e. The molecule has 0 radical (unpaired) electrons. The van der Waals surface area contributed by atoms with Crippen molar-refractivity contribution in [1.29, 1.82) is 0 Å². The Hall–Kier alpha value is -2.07. The van der Waals surface area contributed by atoms with Gasteiger partial charge in [0.05, 0.1) is 5.56 Å². The summed E-state index contributed by atoms with van der Waals surface area (Å²) in [5.74, 6) is 0.792. The summed E-state index contributed by atoms with van der Waals surface area (Å²) in [7, 11) is 0. The highest BCUT2D eigenvalue weighted by atomic mass is 16.2. The SMILES string of the molecule is Cc1[nH]ccc1C(=O)N1C[C@H]2CC[C@@H]1CN(Cc1ccccc1)C2. The first-order chi connectivity index (χ1) is 11.7. The molecule has 1 aromatic carbocycles. The molecule has 126 valence electrons. The smallest absolute Gasteiger partial charge is 0.255 e. The fourth-order valence-corrected chi connectivity index (χ4v) is 4.24. The molecule has 0 unspecified atom stereocenters. The predicted octanol–water partition coefficient (Wildman–Crippen LogP) is 3.06. The lowest BCUT2D eigenvalue weighted by molar-refractivity contribution is 0.0584. The number of nitrogens with one attached hydrogen (secondary N) is 1. The van der Waals surface area contributed by atoms with Crippen molar-refractivity contribution in [3.8, 4) is 0 Å². The molecule has 0 spiro atoms. The summed E-state index contributed by atoms with van der Waals surface area (Å²) in [5.41, 5.74) is 3.16. The molecule has 1 aromatic heterocycles. The third kappa shape index (κ3) is 2.98. The number of benzene rings is 1. The first-order valence-electron chi connectivity index (χ1n) is 8.92. The van der Waals surface area contributed by atoms with Crippen molar-refractivity contribution in [1.82, 2.24) is 14.8 Å². The van der Waals surface area contributed by atoms with Crippen LogP contribution in [0.3, 0.4) is 0 Å². The van der Waals surface area contributed by atoms with Crippen LogP contribution in [0.15, 0.2) is 42.6 Å². The number of piperidine rings is 1. The number of nitrogens with zero attached hydrogens (tertiary/aromatic N) is 2. The molecule has 1 N–H and O–H groups in total. The highest BCUT2D eigenvalue weighted by Crippen LogP contribution is 2.30. The Balaban J connectivity index is 1.51. The fraction of sp³-hybridized carbons (Fsp3) is 0.450. The van der Waals surface area contributed by atoms with Gasteiger partial charge in [-0.15, -0.1) is 0 Å². The molecule has 5 rings (SSSR count). The second kappa shape index (κ2) is 6.44. The molecule has 2 atom stereocenters. The van der Waals surface area contributed by atoms with Gasteiger partial charge in [0.1, 0.15) is 0 Å². The summed E-state index contributed by atoms with van der Waals surface area (Å²) in [5, 5.41) is 0. The van der Waals surface area contributed by atoms with Crippen molar-refractivity contribution in [2.24, 2.45) is 5.92 Å². The van der Waals surface area contributed by atoms with E-state index >= 15 is 0 Å². The van der Waals surface area contributed by atoms with E-state index in [1.54, 1.807) is 0 Å². The van der Waals surface area contributed by atoms with E-state index in [1.807, 2.05) is 19.2 Å². The minimum absolute atomic E-state index is 0.199. The summed E-state index contributed by atoms with van der Waals surface area (Å²) in [6.45, 7) is 5.95. The van der Waals surface area contributed by atoms with Crippen LogP contribution in [0.5, 0.6) is 0 Å². The normalized spacial score (nSPS) is 24.1. The number of carbonyl (C=O) groups is 1. The largest absolute Gasteiger partial charge is 0.365 e. The molecule has 24 heavy (non-hydrogen) atoms. The van der Waals surface area contributed by atoms with E-state index in [0.717, 1.165) is 43.9 Å². The average Bonchev–Trinajstić information content (AvgIpc) is 2.83. The van der Waals surface area contributed by atoms with E-state index in [2.05, 4.69) is 45.1 Å². The van der Waals surface area contributed by atoms with Crippen LogP contribution in [0.2, 0.25) is 0 Å². The third-order valence-corrected chi connectivity index (χ3v) is 5.48. The molecular formula is C20H25N3O. The second-order valence-corrected chi connectivity index (χ2v) is 7.25. The van der Waals surface area contributed by atoms with Crippen LogP contribution in [-0.2, 0) is 6.54 Å². The van der Waals surface area contributed by atoms with Gasteiger partial charge in [0.2, 0.25) is 0 Å². The van der Waals surface area contributed by atoms with Crippen LogP contribution >= 0.6 is 0 Å². The van der Waals surface area contributed by atoms with Crippen LogP contribution in [0, 0.1) is 12.8 Å². The lowest BCUT2D eigenvalue weighted by Crippen LogP contribution is -2.47. The van der Waals surface area contributed by atoms with Gasteiger partial charge in [-0.2, -0.15) is 0 Å². The lowest BCUT2D eigenvalue weighted by atomic mass is 9.94. The molecule has 3 fully saturated rings. The molecule has 0 saturated carbocycles. The van der Waals surface area contributed by atoms with Gasteiger partial charge < -0.3 is 9.88 Å². The molecule has 0 aliphatic carbocycles. The molecule has 4 heteroatoms. The number of amides is 1. The molecule has 1 amide bonds. The number of carbonyl (C=O) groups excluding carboxylic acids is 1. The van der Waals surface area contributed by atoms with Crippen molar-refractivity contribution in [2.75, 3.05) is 19.6 Å². The molecule has 3 aliphatic heterocycles. The number of hydrogen-bond acceptors (Lipinski definition) is 2. The summed E-state index contributed by atoms with van der Waals surface area (Å²) in [4.78, 5) is 20.8. The van der Waals surface area contributed by atoms with E-state index in [-0.39, 0.29) is 5.91 Å². The first-order valence-corrected chi connectivity index (χ1v) is 8.92. The number of aromatic nitrogens is 1. The number of hydrogen-bond donors (Lipinski definition) is 1. The van der Waals surface area contributed by atoms with Crippen LogP contribution in [-0.4, -0.2) is 46.4 Å². The Morgan fingerprint density at radius 2 is 1.96 bits per heavy atom. The van der Waals surface area contributed by atoms with Crippen molar-refractivity contribution < 1.29 is 4.79 Å². The minimum atomic E-state index is 0.199. The first kappa shape index (κ1) is 15.5. The van der Waals surface area contributed by atoms with Gasteiger partial charge in [-0.05, 0) is 37.3 Å². The number of H-pyrrole nitrogens is 1. The van der Waals surface area contributed by atoms with Gasteiger partial charge in [0.25, 0.3) is 5.91 Å². The Morgan fingerprint density at radius 3 is 2.71 bits per heavy atom. The second-order valence-electron chi connectivity index (χ2n) is 7.25. The Kier molecular flexibility index (Phi) is 4.15. The van der Waals surface area contributed by atoms with E-state index in [4.69, 9.17) is 0 Å². The fourth-order valence-electron chi connectivity index (χ4n) is 4.24. The Morgan fingerprint density at radius 1 is 1.12 bits per heavy atom. The maximum absolute atomic E-state index is 13.0. The van der Waals surface area contributed by atoms with E-state index < -0.39 is 0 Å². The quantitative estimate of drug-likeness (QED) is 0.943. The molecule has 4 nitrogen and oxygen atoms in total.